The first kappa shape index (κ1) is 7.68. The molecular formula is C9H8BrNO. The van der Waals surface area contributed by atoms with Gasteiger partial charge in [0, 0.05) is 12.6 Å². The van der Waals surface area contributed by atoms with Crippen LogP contribution >= 0.6 is 15.9 Å². The predicted octanol–water partition coefficient (Wildman–Crippen LogP) is 2.96. The molecule has 1 N–H and O–H groups in total. The molecule has 0 unspecified atom stereocenters. The minimum Gasteiger partial charge on any atom is -0.469 e. The highest BCUT2D eigenvalue weighted by Crippen LogP contribution is 2.17. The zero-order valence-corrected chi connectivity index (χ0v) is 7.97. The van der Waals surface area contributed by atoms with Crippen LogP contribution in [0.5, 0.6) is 0 Å². The van der Waals surface area contributed by atoms with Crippen LogP contribution in [0.1, 0.15) is 11.3 Å². The van der Waals surface area contributed by atoms with E-state index in [2.05, 4.69) is 20.9 Å². The Kier molecular flexibility index (Phi) is 2.04. The molecule has 2 rings (SSSR count). The third-order valence-corrected chi connectivity index (χ3v) is 2.46. The fourth-order valence-corrected chi connectivity index (χ4v) is 1.52. The molecule has 0 aliphatic heterocycles. The minimum atomic E-state index is 0.830. The number of hydrogen-bond acceptors (Lipinski definition) is 1. The van der Waals surface area contributed by atoms with Crippen molar-refractivity contribution in [2.75, 3.05) is 0 Å². The topological polar surface area (TPSA) is 28.9 Å². The minimum absolute atomic E-state index is 0.830. The summed E-state index contributed by atoms with van der Waals surface area (Å²) in [5.74, 6) is 0.982. The first-order valence-electron chi connectivity index (χ1n) is 3.70. The number of aromatic amines is 1. The zero-order chi connectivity index (χ0) is 8.39. The van der Waals surface area contributed by atoms with Crippen LogP contribution in [0.4, 0.5) is 0 Å². The van der Waals surface area contributed by atoms with Gasteiger partial charge in [0.25, 0.3) is 0 Å². The summed E-state index contributed by atoms with van der Waals surface area (Å²) >= 11 is 3.41. The summed E-state index contributed by atoms with van der Waals surface area (Å²) in [5.41, 5.74) is 1.21. The van der Waals surface area contributed by atoms with E-state index < -0.39 is 0 Å². The van der Waals surface area contributed by atoms with Crippen molar-refractivity contribution in [2.24, 2.45) is 0 Å². The summed E-state index contributed by atoms with van der Waals surface area (Å²) < 4.78 is 6.25. The molecule has 0 spiro atoms. The normalized spacial score (nSPS) is 10.4. The standard InChI is InChI=1S/C9H8BrNO/c10-9-7(3-4-11-9)6-8-2-1-5-12-8/h1-5,11H,6H2. The van der Waals surface area contributed by atoms with Crippen molar-refractivity contribution in [2.45, 2.75) is 6.42 Å². The molecule has 0 aromatic carbocycles. The van der Waals surface area contributed by atoms with Crippen LogP contribution in [0.2, 0.25) is 0 Å². The lowest BCUT2D eigenvalue weighted by Crippen LogP contribution is -1.82. The zero-order valence-electron chi connectivity index (χ0n) is 6.38. The van der Waals surface area contributed by atoms with E-state index in [1.807, 2.05) is 24.4 Å². The second kappa shape index (κ2) is 3.19. The smallest absolute Gasteiger partial charge is 0.108 e. The number of nitrogens with one attached hydrogen (secondary N) is 1. The summed E-state index contributed by atoms with van der Waals surface area (Å²) in [4.78, 5) is 3.06. The van der Waals surface area contributed by atoms with Crippen molar-refractivity contribution in [3.8, 4) is 0 Å². The van der Waals surface area contributed by atoms with Crippen LogP contribution in [0.3, 0.4) is 0 Å². The first-order valence-corrected chi connectivity index (χ1v) is 4.49. The molecule has 0 aliphatic rings. The summed E-state index contributed by atoms with van der Waals surface area (Å²) in [5, 5.41) is 0. The van der Waals surface area contributed by atoms with Gasteiger partial charge >= 0.3 is 0 Å². The fourth-order valence-electron chi connectivity index (χ4n) is 1.12. The van der Waals surface area contributed by atoms with Gasteiger partial charge in [-0.2, -0.15) is 0 Å². The van der Waals surface area contributed by atoms with Crippen molar-refractivity contribution in [1.29, 1.82) is 0 Å². The van der Waals surface area contributed by atoms with Crippen LogP contribution in [0, 0.1) is 0 Å². The summed E-state index contributed by atoms with van der Waals surface area (Å²) in [6.07, 6.45) is 4.43. The molecule has 0 radical (unpaired) electrons. The predicted molar refractivity (Wildman–Crippen MR) is 50.0 cm³/mol. The molecule has 2 heterocycles. The highest BCUT2D eigenvalue weighted by Gasteiger charge is 2.02. The van der Waals surface area contributed by atoms with Gasteiger partial charge in [-0.15, -0.1) is 0 Å². The van der Waals surface area contributed by atoms with Gasteiger partial charge in [0.2, 0.25) is 0 Å². The Hall–Kier alpha value is -0.960. The highest BCUT2D eigenvalue weighted by atomic mass is 79.9. The molecule has 3 heteroatoms. The van der Waals surface area contributed by atoms with Crippen LogP contribution in [0.15, 0.2) is 39.7 Å². The molecule has 2 aromatic rings. The third kappa shape index (κ3) is 1.46. The SMILES string of the molecule is Brc1[nH]ccc1Cc1ccco1. The Bertz CT molecular complexity index is 350. The van der Waals surface area contributed by atoms with Gasteiger partial charge in [-0.1, -0.05) is 0 Å². The van der Waals surface area contributed by atoms with Gasteiger partial charge in [-0.05, 0) is 39.7 Å². The number of furan rings is 1. The van der Waals surface area contributed by atoms with Crippen LogP contribution in [0.25, 0.3) is 0 Å². The Morgan fingerprint density at radius 3 is 2.92 bits per heavy atom. The highest BCUT2D eigenvalue weighted by molar-refractivity contribution is 9.10. The van der Waals surface area contributed by atoms with E-state index in [0.29, 0.717) is 0 Å². The molecule has 0 atom stereocenters. The van der Waals surface area contributed by atoms with E-state index in [1.165, 1.54) is 5.56 Å². The van der Waals surface area contributed by atoms with Gasteiger partial charge in [-0.3, -0.25) is 0 Å². The van der Waals surface area contributed by atoms with Crippen molar-refractivity contribution < 1.29 is 4.42 Å². The average Bonchev–Trinajstić information content (AvgIpc) is 2.65. The largest absolute Gasteiger partial charge is 0.469 e. The lowest BCUT2D eigenvalue weighted by Gasteiger charge is -1.93. The number of H-pyrrole nitrogens is 1. The molecule has 0 saturated heterocycles. The Labute approximate surface area is 78.7 Å². The van der Waals surface area contributed by atoms with Gasteiger partial charge in [0.05, 0.1) is 10.9 Å². The number of rotatable bonds is 2. The quantitative estimate of drug-likeness (QED) is 0.837. The van der Waals surface area contributed by atoms with Crippen LogP contribution in [-0.2, 0) is 6.42 Å². The molecule has 0 aliphatic carbocycles. The van der Waals surface area contributed by atoms with Crippen molar-refractivity contribution in [3.05, 3.63) is 46.6 Å². The molecule has 0 saturated carbocycles. The number of halogens is 1. The Balaban J connectivity index is 2.20. The second-order valence-corrected chi connectivity index (χ2v) is 3.37. The molecule has 0 bridgehead atoms. The third-order valence-electron chi connectivity index (χ3n) is 1.72. The molecule has 62 valence electrons. The van der Waals surface area contributed by atoms with E-state index in [0.717, 1.165) is 16.8 Å². The second-order valence-electron chi connectivity index (χ2n) is 2.57. The summed E-state index contributed by atoms with van der Waals surface area (Å²) in [6, 6.07) is 5.90. The van der Waals surface area contributed by atoms with Gasteiger partial charge in [0.1, 0.15) is 5.76 Å². The van der Waals surface area contributed by atoms with E-state index >= 15 is 0 Å². The number of aromatic nitrogens is 1. The van der Waals surface area contributed by atoms with Crippen LogP contribution < -0.4 is 0 Å². The maximum atomic E-state index is 5.23. The average molecular weight is 226 g/mol. The first-order chi connectivity index (χ1) is 5.86. The monoisotopic (exact) mass is 225 g/mol. The number of hydrogen-bond donors (Lipinski definition) is 1. The maximum absolute atomic E-state index is 5.23. The molecule has 2 aromatic heterocycles. The van der Waals surface area contributed by atoms with E-state index in [1.54, 1.807) is 6.26 Å². The van der Waals surface area contributed by atoms with Gasteiger partial charge < -0.3 is 9.40 Å². The molecule has 12 heavy (non-hydrogen) atoms. The van der Waals surface area contributed by atoms with Crippen molar-refractivity contribution in [1.82, 2.24) is 4.98 Å². The fraction of sp³-hybridized carbons (Fsp3) is 0.111. The molecule has 0 fully saturated rings. The van der Waals surface area contributed by atoms with Crippen molar-refractivity contribution in [3.63, 3.8) is 0 Å². The van der Waals surface area contributed by atoms with E-state index in [-0.39, 0.29) is 0 Å². The van der Waals surface area contributed by atoms with E-state index in [4.69, 9.17) is 4.42 Å². The van der Waals surface area contributed by atoms with Gasteiger partial charge in [0.15, 0.2) is 0 Å². The summed E-state index contributed by atoms with van der Waals surface area (Å²) in [7, 11) is 0. The molecule has 0 amide bonds. The molecule has 2 nitrogen and oxygen atoms in total. The van der Waals surface area contributed by atoms with Gasteiger partial charge in [-0.25, -0.2) is 0 Å². The van der Waals surface area contributed by atoms with Crippen molar-refractivity contribution >= 4 is 15.9 Å². The van der Waals surface area contributed by atoms with Crippen LogP contribution in [-0.4, -0.2) is 4.98 Å². The lowest BCUT2D eigenvalue weighted by molar-refractivity contribution is 0.520. The Morgan fingerprint density at radius 2 is 2.33 bits per heavy atom. The van der Waals surface area contributed by atoms with E-state index in [9.17, 15) is 0 Å². The molecular weight excluding hydrogens is 218 g/mol. The summed E-state index contributed by atoms with van der Waals surface area (Å²) in [6.45, 7) is 0. The lowest BCUT2D eigenvalue weighted by atomic mass is 10.2. The maximum Gasteiger partial charge on any atom is 0.108 e. The Morgan fingerprint density at radius 1 is 1.42 bits per heavy atom.